The second-order valence-electron chi connectivity index (χ2n) is 7.45. The van der Waals surface area contributed by atoms with E-state index in [0.717, 1.165) is 14.7 Å². The lowest BCUT2D eigenvalue weighted by atomic mass is 9.96. The number of thiazole rings is 1. The van der Waals surface area contributed by atoms with E-state index in [4.69, 9.17) is 14.2 Å². The van der Waals surface area contributed by atoms with Crippen molar-refractivity contribution in [2.75, 3.05) is 20.8 Å². The summed E-state index contributed by atoms with van der Waals surface area (Å²) in [5.74, 6) is 0.748. The fourth-order valence-electron chi connectivity index (χ4n) is 3.91. The molecule has 1 atom stereocenters. The molecule has 0 bridgehead atoms. The molecule has 1 unspecified atom stereocenters. The fourth-order valence-corrected chi connectivity index (χ4v) is 5.81. The first-order valence-corrected chi connectivity index (χ1v) is 12.4. The SMILES string of the molecule is CCOC(=O)C1=C(C)N=c2sc(=Cc3cc(I)c(OC)c(OC)c3)c(=O)n2C1c1ccccc1. The number of nitrogens with zero attached hydrogens (tertiary/aromatic N) is 2. The van der Waals surface area contributed by atoms with Crippen LogP contribution >= 0.6 is 33.9 Å². The number of benzene rings is 2. The lowest BCUT2D eigenvalue weighted by Crippen LogP contribution is -2.39. The first kappa shape index (κ1) is 24.2. The van der Waals surface area contributed by atoms with Gasteiger partial charge in [-0.3, -0.25) is 9.36 Å². The van der Waals surface area contributed by atoms with Crippen LogP contribution in [0.2, 0.25) is 0 Å². The maximum atomic E-state index is 13.6. The summed E-state index contributed by atoms with van der Waals surface area (Å²) in [7, 11) is 3.16. The van der Waals surface area contributed by atoms with Crippen LogP contribution in [-0.4, -0.2) is 31.4 Å². The van der Waals surface area contributed by atoms with Gasteiger partial charge in [0.15, 0.2) is 16.3 Å². The van der Waals surface area contributed by atoms with Crippen molar-refractivity contribution in [2.24, 2.45) is 4.99 Å². The molecule has 0 saturated carbocycles. The van der Waals surface area contributed by atoms with Gasteiger partial charge in [-0.1, -0.05) is 41.7 Å². The predicted molar refractivity (Wildman–Crippen MR) is 139 cm³/mol. The Morgan fingerprint density at radius 2 is 1.94 bits per heavy atom. The maximum Gasteiger partial charge on any atom is 0.338 e. The zero-order chi connectivity index (χ0) is 24.4. The Hall–Kier alpha value is -2.92. The summed E-state index contributed by atoms with van der Waals surface area (Å²) in [5, 5.41) is 0. The highest BCUT2D eigenvalue weighted by Crippen LogP contribution is 2.34. The van der Waals surface area contributed by atoms with Crippen LogP contribution in [0, 0.1) is 3.57 Å². The van der Waals surface area contributed by atoms with Crippen LogP contribution in [0.4, 0.5) is 0 Å². The van der Waals surface area contributed by atoms with E-state index in [-0.39, 0.29) is 12.2 Å². The number of hydrogen-bond donors (Lipinski definition) is 0. The number of ether oxygens (including phenoxy) is 3. The zero-order valence-electron chi connectivity index (χ0n) is 19.1. The number of carbonyl (C=O) groups is 1. The average molecular weight is 590 g/mol. The zero-order valence-corrected chi connectivity index (χ0v) is 22.1. The van der Waals surface area contributed by atoms with E-state index in [2.05, 4.69) is 27.6 Å². The van der Waals surface area contributed by atoms with E-state index < -0.39 is 12.0 Å². The molecule has 3 aromatic rings. The Morgan fingerprint density at radius 1 is 1.21 bits per heavy atom. The van der Waals surface area contributed by atoms with E-state index in [0.29, 0.717) is 32.1 Å². The van der Waals surface area contributed by atoms with Crippen molar-refractivity contribution in [3.63, 3.8) is 0 Å². The summed E-state index contributed by atoms with van der Waals surface area (Å²) in [6.45, 7) is 3.76. The lowest BCUT2D eigenvalue weighted by Gasteiger charge is -2.24. The summed E-state index contributed by atoms with van der Waals surface area (Å²) in [5.41, 5.74) is 2.29. The van der Waals surface area contributed by atoms with E-state index >= 15 is 0 Å². The maximum absolute atomic E-state index is 13.6. The van der Waals surface area contributed by atoms with Crippen molar-refractivity contribution in [3.8, 4) is 11.5 Å². The minimum Gasteiger partial charge on any atom is -0.493 e. The van der Waals surface area contributed by atoms with Gasteiger partial charge in [0.25, 0.3) is 5.56 Å². The van der Waals surface area contributed by atoms with Gasteiger partial charge in [0.05, 0.1) is 46.2 Å². The van der Waals surface area contributed by atoms with Crippen molar-refractivity contribution in [1.29, 1.82) is 0 Å². The number of halogens is 1. The van der Waals surface area contributed by atoms with Gasteiger partial charge in [0.1, 0.15) is 0 Å². The second kappa shape index (κ2) is 10.1. The summed E-state index contributed by atoms with van der Waals surface area (Å²) < 4.78 is 19.1. The van der Waals surface area contributed by atoms with Crippen molar-refractivity contribution in [1.82, 2.24) is 4.57 Å². The highest BCUT2D eigenvalue weighted by atomic mass is 127. The van der Waals surface area contributed by atoms with Gasteiger partial charge in [-0.25, -0.2) is 9.79 Å². The molecule has 34 heavy (non-hydrogen) atoms. The minimum absolute atomic E-state index is 0.225. The second-order valence-corrected chi connectivity index (χ2v) is 9.62. The molecule has 9 heteroatoms. The number of rotatable bonds is 6. The Balaban J connectivity index is 1.94. The van der Waals surface area contributed by atoms with Gasteiger partial charge in [-0.15, -0.1) is 0 Å². The van der Waals surface area contributed by atoms with Crippen LogP contribution in [0.25, 0.3) is 6.08 Å². The summed E-state index contributed by atoms with van der Waals surface area (Å²) in [6, 6.07) is 12.6. The number of esters is 1. The molecule has 4 rings (SSSR count). The number of hydrogen-bond acceptors (Lipinski definition) is 7. The number of fused-ring (bicyclic) bond motifs is 1. The third kappa shape index (κ3) is 4.41. The van der Waals surface area contributed by atoms with Gasteiger partial charge >= 0.3 is 5.97 Å². The first-order valence-electron chi connectivity index (χ1n) is 10.6. The van der Waals surface area contributed by atoms with Crippen LogP contribution < -0.4 is 24.4 Å². The molecular weight excluding hydrogens is 567 g/mol. The fraction of sp³-hybridized carbons (Fsp3) is 0.240. The highest BCUT2D eigenvalue weighted by molar-refractivity contribution is 14.1. The molecule has 0 radical (unpaired) electrons. The number of aromatic nitrogens is 1. The molecule has 2 aromatic carbocycles. The van der Waals surface area contributed by atoms with Gasteiger partial charge in [-0.2, -0.15) is 0 Å². The number of methoxy groups -OCH3 is 2. The topological polar surface area (TPSA) is 79.1 Å². The van der Waals surface area contributed by atoms with Crippen LogP contribution in [0.1, 0.15) is 31.0 Å². The van der Waals surface area contributed by atoms with E-state index in [1.165, 1.54) is 11.3 Å². The Bertz CT molecular complexity index is 1460. The normalized spacial score (nSPS) is 15.6. The molecule has 0 amide bonds. The van der Waals surface area contributed by atoms with Crippen molar-refractivity contribution in [2.45, 2.75) is 19.9 Å². The highest BCUT2D eigenvalue weighted by Gasteiger charge is 2.33. The van der Waals surface area contributed by atoms with Crippen LogP contribution in [0.3, 0.4) is 0 Å². The molecule has 0 aliphatic carbocycles. The molecule has 0 spiro atoms. The molecule has 1 aromatic heterocycles. The van der Waals surface area contributed by atoms with E-state index in [1.807, 2.05) is 42.5 Å². The van der Waals surface area contributed by atoms with Crippen LogP contribution in [0.15, 0.2) is 63.5 Å². The standard InChI is InChI=1S/C25H23IN2O5S/c1-5-33-24(30)20-14(2)27-25-28(21(20)16-9-7-6-8-10-16)23(29)19(34-25)13-15-11-17(26)22(32-4)18(12-15)31-3/h6-13,21H,5H2,1-4H3. The minimum atomic E-state index is -0.621. The molecular formula is C25H23IN2O5S. The van der Waals surface area contributed by atoms with Gasteiger partial charge < -0.3 is 14.2 Å². The molecule has 7 nitrogen and oxygen atoms in total. The Morgan fingerprint density at radius 3 is 2.59 bits per heavy atom. The van der Waals surface area contributed by atoms with E-state index in [1.54, 1.807) is 38.7 Å². The third-order valence-electron chi connectivity index (χ3n) is 5.39. The predicted octanol–water partition coefficient (Wildman–Crippen LogP) is 3.42. The van der Waals surface area contributed by atoms with Crippen molar-refractivity contribution in [3.05, 3.63) is 88.1 Å². The number of carbonyl (C=O) groups excluding carboxylic acids is 1. The molecule has 2 heterocycles. The number of allylic oxidation sites excluding steroid dienone is 1. The van der Waals surface area contributed by atoms with Crippen molar-refractivity contribution >= 4 is 46.0 Å². The van der Waals surface area contributed by atoms with E-state index in [9.17, 15) is 9.59 Å². The van der Waals surface area contributed by atoms with Gasteiger partial charge in [0.2, 0.25) is 0 Å². The summed E-state index contributed by atoms with van der Waals surface area (Å²) >= 11 is 3.46. The molecule has 0 saturated heterocycles. The largest absolute Gasteiger partial charge is 0.493 e. The van der Waals surface area contributed by atoms with Crippen LogP contribution in [-0.2, 0) is 9.53 Å². The third-order valence-corrected chi connectivity index (χ3v) is 7.17. The Kier molecular flexibility index (Phi) is 7.22. The molecule has 0 fully saturated rings. The monoisotopic (exact) mass is 590 g/mol. The lowest BCUT2D eigenvalue weighted by molar-refractivity contribution is -0.139. The quantitative estimate of drug-likeness (QED) is 0.325. The van der Waals surface area contributed by atoms with Gasteiger partial charge in [0, 0.05) is 0 Å². The average Bonchev–Trinajstić information content (AvgIpc) is 3.12. The summed E-state index contributed by atoms with van der Waals surface area (Å²) in [4.78, 5) is 31.7. The van der Waals surface area contributed by atoms with Crippen LogP contribution in [0.5, 0.6) is 11.5 Å². The molecule has 176 valence electrons. The van der Waals surface area contributed by atoms with Gasteiger partial charge in [-0.05, 0) is 65.8 Å². The molecule has 0 N–H and O–H groups in total. The first-order chi connectivity index (χ1) is 16.4. The molecule has 1 aliphatic heterocycles. The smallest absolute Gasteiger partial charge is 0.338 e. The summed E-state index contributed by atoms with van der Waals surface area (Å²) in [6.07, 6.45) is 1.80. The Labute approximate surface area is 214 Å². The molecule has 1 aliphatic rings. The van der Waals surface area contributed by atoms with Crippen molar-refractivity contribution < 1.29 is 19.0 Å².